The van der Waals surface area contributed by atoms with E-state index in [1.54, 1.807) is 41.0 Å². The largest absolute Gasteiger partial charge is 0.492 e. The van der Waals surface area contributed by atoms with E-state index >= 15 is 0 Å². The second-order valence-corrected chi connectivity index (χ2v) is 10.3. The number of fused-ring (bicyclic) bond motifs is 1. The minimum absolute atomic E-state index is 0.121. The molecule has 194 valence electrons. The molecule has 0 fully saturated rings. The standard InChI is InChI=1S/C27H29N3O6S/c1-37(34,35)28-23-9-5-6-10-24(23)29(13-15-31)14-16-36-22-12-11-21-17-26(27(32)33)30(25(21)18-22)19-20-7-3-2-4-8-20/h2-12,17-18,28,31H,13-16,19H2,1H3,(H,32,33). The summed E-state index contributed by atoms with van der Waals surface area (Å²) in [5, 5.41) is 20.1. The Bertz CT molecular complexity index is 1480. The normalized spacial score (nSPS) is 11.4. The molecule has 0 saturated carbocycles. The van der Waals surface area contributed by atoms with Crippen molar-refractivity contribution in [3.05, 3.63) is 90.1 Å². The molecule has 3 N–H and O–H groups in total. The molecule has 4 rings (SSSR count). The number of hydrogen-bond donors (Lipinski definition) is 3. The summed E-state index contributed by atoms with van der Waals surface area (Å²) in [5.74, 6) is -0.432. The van der Waals surface area contributed by atoms with Crippen LogP contribution in [0.15, 0.2) is 78.9 Å². The fourth-order valence-electron chi connectivity index (χ4n) is 4.22. The van der Waals surface area contributed by atoms with Gasteiger partial charge in [-0.25, -0.2) is 13.2 Å². The highest BCUT2D eigenvalue weighted by molar-refractivity contribution is 7.92. The number of carbonyl (C=O) groups is 1. The molecule has 0 saturated heterocycles. The van der Waals surface area contributed by atoms with Crippen LogP contribution in [0.3, 0.4) is 0 Å². The Hall–Kier alpha value is -4.02. The van der Waals surface area contributed by atoms with Crippen LogP contribution < -0.4 is 14.4 Å². The van der Waals surface area contributed by atoms with E-state index in [1.165, 1.54) is 0 Å². The number of nitrogens with one attached hydrogen (secondary N) is 1. The highest BCUT2D eigenvalue weighted by atomic mass is 32.2. The van der Waals surface area contributed by atoms with Crippen LogP contribution in [0.2, 0.25) is 0 Å². The van der Waals surface area contributed by atoms with Crippen LogP contribution in [0.4, 0.5) is 11.4 Å². The molecule has 3 aromatic carbocycles. The van der Waals surface area contributed by atoms with Crippen molar-refractivity contribution in [1.82, 2.24) is 4.57 Å². The molecule has 0 spiro atoms. The molecule has 0 bridgehead atoms. The van der Waals surface area contributed by atoms with Gasteiger partial charge in [0.05, 0.1) is 36.3 Å². The molecular formula is C27H29N3O6S. The first-order chi connectivity index (χ1) is 17.7. The number of anilines is 2. The number of ether oxygens (including phenoxy) is 1. The number of hydrogen-bond acceptors (Lipinski definition) is 6. The highest BCUT2D eigenvalue weighted by Crippen LogP contribution is 2.28. The minimum atomic E-state index is -3.48. The van der Waals surface area contributed by atoms with Crippen LogP contribution in [-0.4, -0.2) is 61.7 Å². The second-order valence-electron chi connectivity index (χ2n) is 8.58. The summed E-state index contributed by atoms with van der Waals surface area (Å²) in [5.41, 5.74) is 2.97. The van der Waals surface area contributed by atoms with Crippen LogP contribution in [-0.2, 0) is 16.6 Å². The summed E-state index contributed by atoms with van der Waals surface area (Å²) < 4.78 is 33.8. The summed E-state index contributed by atoms with van der Waals surface area (Å²) in [6.07, 6.45) is 1.09. The monoisotopic (exact) mass is 523 g/mol. The summed E-state index contributed by atoms with van der Waals surface area (Å²) in [6.45, 7) is 1.21. The van der Waals surface area contributed by atoms with Gasteiger partial charge in [0, 0.05) is 24.5 Å². The van der Waals surface area contributed by atoms with Gasteiger partial charge in [0.25, 0.3) is 0 Å². The third-order valence-electron chi connectivity index (χ3n) is 5.82. The van der Waals surface area contributed by atoms with Crippen LogP contribution in [0.1, 0.15) is 16.1 Å². The van der Waals surface area contributed by atoms with Crippen molar-refractivity contribution >= 4 is 38.3 Å². The van der Waals surface area contributed by atoms with Gasteiger partial charge in [0.15, 0.2) is 0 Å². The molecular weight excluding hydrogens is 494 g/mol. The molecule has 10 heteroatoms. The molecule has 0 aliphatic rings. The zero-order valence-electron chi connectivity index (χ0n) is 20.4. The first-order valence-electron chi connectivity index (χ1n) is 11.7. The lowest BCUT2D eigenvalue weighted by Gasteiger charge is -2.26. The first-order valence-corrected chi connectivity index (χ1v) is 13.6. The Labute approximate surface area is 215 Å². The summed E-state index contributed by atoms with van der Waals surface area (Å²) in [6, 6.07) is 23.7. The van der Waals surface area contributed by atoms with Crippen molar-refractivity contribution in [2.24, 2.45) is 0 Å². The number of aromatic carboxylic acids is 1. The Balaban J connectivity index is 1.54. The Morgan fingerprint density at radius 1 is 1.00 bits per heavy atom. The second kappa shape index (κ2) is 11.4. The van der Waals surface area contributed by atoms with Gasteiger partial charge in [-0.1, -0.05) is 42.5 Å². The van der Waals surface area contributed by atoms with E-state index in [4.69, 9.17) is 4.74 Å². The van der Waals surface area contributed by atoms with Crippen molar-refractivity contribution in [2.45, 2.75) is 6.54 Å². The van der Waals surface area contributed by atoms with E-state index < -0.39 is 16.0 Å². The van der Waals surface area contributed by atoms with Gasteiger partial charge in [-0.05, 0) is 35.9 Å². The van der Waals surface area contributed by atoms with Crippen molar-refractivity contribution in [3.8, 4) is 5.75 Å². The number of sulfonamides is 1. The maximum atomic E-state index is 11.9. The number of aliphatic hydroxyl groups is 1. The molecule has 37 heavy (non-hydrogen) atoms. The predicted octanol–water partition coefficient (Wildman–Crippen LogP) is 3.64. The van der Waals surface area contributed by atoms with E-state index in [0.29, 0.717) is 30.2 Å². The van der Waals surface area contributed by atoms with Gasteiger partial charge >= 0.3 is 5.97 Å². The zero-order valence-corrected chi connectivity index (χ0v) is 21.2. The molecule has 0 aliphatic carbocycles. The predicted molar refractivity (Wildman–Crippen MR) is 144 cm³/mol. The van der Waals surface area contributed by atoms with E-state index in [2.05, 4.69) is 4.72 Å². The van der Waals surface area contributed by atoms with Crippen LogP contribution in [0.5, 0.6) is 5.75 Å². The fraction of sp³-hybridized carbons (Fsp3) is 0.222. The van der Waals surface area contributed by atoms with Crippen molar-refractivity contribution in [2.75, 3.05) is 42.2 Å². The lowest BCUT2D eigenvalue weighted by atomic mass is 10.2. The van der Waals surface area contributed by atoms with Crippen LogP contribution in [0, 0.1) is 0 Å². The molecule has 0 radical (unpaired) electrons. The molecule has 0 aliphatic heterocycles. The summed E-state index contributed by atoms with van der Waals surface area (Å²) in [7, 11) is -3.48. The highest BCUT2D eigenvalue weighted by Gasteiger charge is 2.17. The van der Waals surface area contributed by atoms with E-state index in [1.807, 2.05) is 47.4 Å². The number of carboxylic acid groups (broad SMARTS) is 1. The molecule has 1 heterocycles. The number of benzene rings is 3. The van der Waals surface area contributed by atoms with Gasteiger partial charge in [0.1, 0.15) is 18.1 Å². The molecule has 4 aromatic rings. The lowest BCUT2D eigenvalue weighted by molar-refractivity contribution is 0.0686. The third kappa shape index (κ3) is 6.60. The number of para-hydroxylation sites is 2. The average molecular weight is 524 g/mol. The molecule has 0 atom stereocenters. The topological polar surface area (TPSA) is 121 Å². The van der Waals surface area contributed by atoms with E-state index in [9.17, 15) is 23.4 Å². The zero-order chi connectivity index (χ0) is 26.4. The van der Waals surface area contributed by atoms with Gasteiger partial charge in [-0.3, -0.25) is 4.72 Å². The molecule has 9 nitrogen and oxygen atoms in total. The smallest absolute Gasteiger partial charge is 0.352 e. The minimum Gasteiger partial charge on any atom is -0.492 e. The fourth-order valence-corrected chi connectivity index (χ4v) is 4.79. The summed E-state index contributed by atoms with van der Waals surface area (Å²) >= 11 is 0. The van der Waals surface area contributed by atoms with Gasteiger partial charge in [0.2, 0.25) is 10.0 Å². The SMILES string of the molecule is CS(=O)(=O)Nc1ccccc1N(CCO)CCOc1ccc2cc(C(=O)O)n(Cc3ccccc3)c2c1. The number of rotatable bonds is 12. The number of aromatic nitrogens is 1. The quantitative estimate of drug-likeness (QED) is 0.259. The summed E-state index contributed by atoms with van der Waals surface area (Å²) in [4.78, 5) is 13.7. The van der Waals surface area contributed by atoms with Crippen molar-refractivity contribution < 1.29 is 28.2 Å². The van der Waals surface area contributed by atoms with Crippen molar-refractivity contribution in [1.29, 1.82) is 0 Å². The van der Waals surface area contributed by atoms with E-state index in [-0.39, 0.29) is 25.5 Å². The van der Waals surface area contributed by atoms with Crippen LogP contribution in [0.25, 0.3) is 10.9 Å². The van der Waals surface area contributed by atoms with Crippen molar-refractivity contribution in [3.63, 3.8) is 0 Å². The number of aliphatic hydroxyl groups excluding tert-OH is 1. The number of nitrogens with zero attached hydrogens (tertiary/aromatic N) is 2. The molecule has 1 aromatic heterocycles. The Morgan fingerprint density at radius 2 is 1.73 bits per heavy atom. The van der Waals surface area contributed by atoms with Gasteiger partial charge in [-0.2, -0.15) is 0 Å². The molecule has 0 amide bonds. The third-order valence-corrected chi connectivity index (χ3v) is 6.41. The average Bonchev–Trinajstić information content (AvgIpc) is 3.21. The van der Waals surface area contributed by atoms with Gasteiger partial charge < -0.3 is 24.4 Å². The Kier molecular flexibility index (Phi) is 8.00. The van der Waals surface area contributed by atoms with E-state index in [0.717, 1.165) is 22.7 Å². The maximum absolute atomic E-state index is 11.9. The Morgan fingerprint density at radius 3 is 2.43 bits per heavy atom. The number of carboxylic acids is 1. The first kappa shape index (κ1) is 26.1. The van der Waals surface area contributed by atoms with Gasteiger partial charge in [-0.15, -0.1) is 0 Å². The lowest BCUT2D eigenvalue weighted by Crippen LogP contribution is -2.32. The maximum Gasteiger partial charge on any atom is 0.352 e. The molecule has 0 unspecified atom stereocenters. The van der Waals surface area contributed by atoms with Crippen LogP contribution >= 0.6 is 0 Å².